The van der Waals surface area contributed by atoms with E-state index in [1.165, 1.54) is 30.3 Å². The second-order valence-electron chi connectivity index (χ2n) is 7.81. The van der Waals surface area contributed by atoms with E-state index in [1.807, 2.05) is 6.07 Å². The summed E-state index contributed by atoms with van der Waals surface area (Å²) in [5.41, 5.74) is 8.70. The van der Waals surface area contributed by atoms with Crippen LogP contribution in [0.25, 0.3) is 5.70 Å². The Bertz CT molecular complexity index is 1220. The van der Waals surface area contributed by atoms with Crippen molar-refractivity contribution in [2.75, 3.05) is 47.4 Å². The van der Waals surface area contributed by atoms with E-state index >= 15 is 0 Å². The maximum absolute atomic E-state index is 14.7. The summed E-state index contributed by atoms with van der Waals surface area (Å²) in [6.07, 6.45) is 13.4. The van der Waals surface area contributed by atoms with Gasteiger partial charge in [0.25, 0.3) is 0 Å². The Morgan fingerprint density at radius 3 is 2.83 bits per heavy atom. The number of hydrogen-bond donors (Lipinski definition) is 3. The van der Waals surface area contributed by atoms with Crippen LogP contribution in [0.4, 0.5) is 21.5 Å². The lowest BCUT2D eigenvalue weighted by Crippen LogP contribution is -2.46. The number of rotatable bonds is 8. The predicted octanol–water partition coefficient (Wildman–Crippen LogP) is 3.98. The number of halogens is 2. The smallest absolute Gasteiger partial charge is 0.149 e. The second kappa shape index (κ2) is 11.4. The van der Waals surface area contributed by atoms with Crippen LogP contribution in [0, 0.1) is 18.2 Å². The molecule has 35 heavy (non-hydrogen) atoms. The number of nitrogens with two attached hydrogens (primary N) is 2. The summed E-state index contributed by atoms with van der Waals surface area (Å²) in [5.74, 6) is 8.27. The van der Waals surface area contributed by atoms with Gasteiger partial charge in [-0.25, -0.2) is 10.2 Å². The molecular formula is C24H25ClFN7OS. The lowest BCUT2D eigenvalue weighted by Gasteiger charge is -2.35. The summed E-state index contributed by atoms with van der Waals surface area (Å²) < 4.78 is 22.8. The molecule has 8 nitrogen and oxygen atoms in total. The van der Waals surface area contributed by atoms with E-state index in [0.717, 1.165) is 41.8 Å². The number of anilines is 3. The third kappa shape index (κ3) is 6.01. The second-order valence-corrected chi connectivity index (χ2v) is 9.07. The van der Waals surface area contributed by atoms with Crippen LogP contribution >= 0.6 is 23.5 Å². The number of aromatic nitrogens is 1. The normalized spacial score (nSPS) is 14.6. The molecule has 4 rings (SSSR count). The highest BCUT2D eigenvalue weighted by Crippen LogP contribution is 2.37. The van der Waals surface area contributed by atoms with Gasteiger partial charge in [0.05, 0.1) is 46.0 Å². The van der Waals surface area contributed by atoms with Crippen LogP contribution in [-0.4, -0.2) is 42.6 Å². The summed E-state index contributed by atoms with van der Waals surface area (Å²) in [4.78, 5) is 9.61. The Morgan fingerprint density at radius 1 is 1.31 bits per heavy atom. The number of pyridine rings is 1. The van der Waals surface area contributed by atoms with Crippen LogP contribution in [0.15, 0.2) is 64.7 Å². The molecule has 1 saturated heterocycles. The number of nitrogens with zero attached hydrogens (tertiary/aromatic N) is 4. The van der Waals surface area contributed by atoms with Crippen molar-refractivity contribution >= 4 is 46.3 Å². The molecule has 0 atom stereocenters. The molecule has 0 amide bonds. The van der Waals surface area contributed by atoms with Gasteiger partial charge in [-0.2, -0.15) is 0 Å². The summed E-state index contributed by atoms with van der Waals surface area (Å²) in [6.45, 7) is 4.05. The fourth-order valence-corrected chi connectivity index (χ4v) is 4.60. The molecule has 0 bridgehead atoms. The molecule has 5 N–H and O–H groups in total. The van der Waals surface area contributed by atoms with Crippen molar-refractivity contribution in [3.63, 3.8) is 0 Å². The van der Waals surface area contributed by atoms with Gasteiger partial charge < -0.3 is 19.8 Å². The molecule has 0 radical (unpaired) electrons. The van der Waals surface area contributed by atoms with Crippen LogP contribution in [0.5, 0.6) is 0 Å². The first-order chi connectivity index (χ1) is 17.0. The first-order valence-electron chi connectivity index (χ1n) is 10.8. The molecule has 0 spiro atoms. The standard InChI is InChI=1S/C24H25ClFN7OS/c1-2-6-31-7-9-32(10-8-31)18-12-17(13-29-14-18)21(27)15-33(28)24-20(26)3-4-22(23(24)25)30-35-19-5-11-34-16-19/h1,3-5,11-16,30H,6-10,27-28H2/b21-15-. The highest BCUT2D eigenvalue weighted by molar-refractivity contribution is 8.00. The largest absolute Gasteiger partial charge is 0.471 e. The monoisotopic (exact) mass is 513 g/mol. The number of hydrogen-bond acceptors (Lipinski definition) is 9. The van der Waals surface area contributed by atoms with Crippen LogP contribution in [0.3, 0.4) is 0 Å². The molecule has 1 aromatic carbocycles. The summed E-state index contributed by atoms with van der Waals surface area (Å²) in [5, 5.41) is 1.19. The molecule has 0 unspecified atom stereocenters. The minimum atomic E-state index is -0.586. The lowest BCUT2D eigenvalue weighted by molar-refractivity contribution is 0.288. The van der Waals surface area contributed by atoms with Gasteiger partial charge in [0.1, 0.15) is 17.8 Å². The minimum Gasteiger partial charge on any atom is -0.471 e. The first-order valence-corrected chi connectivity index (χ1v) is 12.0. The fraction of sp³-hybridized carbons (Fsp3) is 0.208. The maximum atomic E-state index is 14.7. The third-order valence-electron chi connectivity index (χ3n) is 5.49. The molecule has 2 aromatic heterocycles. The Labute approximate surface area is 212 Å². The number of terminal acetylenes is 1. The third-order valence-corrected chi connectivity index (χ3v) is 6.66. The Hall–Kier alpha value is -3.36. The molecule has 11 heteroatoms. The van der Waals surface area contributed by atoms with Gasteiger partial charge in [-0.1, -0.05) is 17.5 Å². The number of furan rings is 1. The van der Waals surface area contributed by atoms with Crippen molar-refractivity contribution < 1.29 is 8.81 Å². The van der Waals surface area contributed by atoms with Crippen molar-refractivity contribution in [2.45, 2.75) is 4.90 Å². The molecule has 3 heterocycles. The molecule has 182 valence electrons. The Morgan fingerprint density at radius 2 is 2.11 bits per heavy atom. The van der Waals surface area contributed by atoms with Gasteiger partial charge in [0.15, 0.2) is 0 Å². The average molecular weight is 514 g/mol. The molecule has 3 aromatic rings. The number of nitrogens with one attached hydrogen (secondary N) is 1. The number of benzene rings is 1. The van der Waals surface area contributed by atoms with Crippen LogP contribution in [0.1, 0.15) is 5.56 Å². The summed E-state index contributed by atoms with van der Waals surface area (Å²) in [7, 11) is 0. The van der Waals surface area contributed by atoms with Crippen molar-refractivity contribution in [3.05, 3.63) is 71.8 Å². The predicted molar refractivity (Wildman–Crippen MR) is 140 cm³/mol. The van der Waals surface area contributed by atoms with Crippen molar-refractivity contribution in [2.24, 2.45) is 11.6 Å². The zero-order valence-corrected chi connectivity index (χ0v) is 20.4. The number of piperazine rings is 1. The van der Waals surface area contributed by atoms with E-state index in [-0.39, 0.29) is 10.7 Å². The Kier molecular flexibility index (Phi) is 8.05. The van der Waals surface area contributed by atoms with E-state index in [2.05, 4.69) is 25.4 Å². The highest BCUT2D eigenvalue weighted by Gasteiger charge is 2.19. The molecule has 1 aliphatic heterocycles. The maximum Gasteiger partial charge on any atom is 0.149 e. The zero-order valence-electron chi connectivity index (χ0n) is 18.8. The van der Waals surface area contributed by atoms with Gasteiger partial charge in [-0.15, -0.1) is 6.42 Å². The summed E-state index contributed by atoms with van der Waals surface area (Å²) in [6, 6.07) is 6.53. The van der Waals surface area contributed by atoms with E-state index in [9.17, 15) is 4.39 Å². The average Bonchev–Trinajstić information content (AvgIpc) is 3.38. The topological polar surface area (TPSA) is 99.8 Å². The lowest BCUT2D eigenvalue weighted by atomic mass is 10.2. The van der Waals surface area contributed by atoms with Gasteiger partial charge >= 0.3 is 0 Å². The van der Waals surface area contributed by atoms with Crippen LogP contribution in [-0.2, 0) is 0 Å². The van der Waals surface area contributed by atoms with Gasteiger partial charge in [0, 0.05) is 44.1 Å². The van der Waals surface area contributed by atoms with Gasteiger partial charge in [-0.3, -0.25) is 14.9 Å². The van der Waals surface area contributed by atoms with Crippen molar-refractivity contribution in [3.8, 4) is 12.3 Å². The van der Waals surface area contributed by atoms with E-state index < -0.39 is 5.82 Å². The molecular weight excluding hydrogens is 489 g/mol. The molecule has 0 aliphatic carbocycles. The van der Waals surface area contributed by atoms with Gasteiger partial charge in [-0.05, 0) is 36.2 Å². The van der Waals surface area contributed by atoms with E-state index in [1.54, 1.807) is 31.0 Å². The fourth-order valence-electron chi connectivity index (χ4n) is 3.62. The minimum absolute atomic E-state index is 0.0128. The van der Waals surface area contributed by atoms with Gasteiger partial charge in [0.2, 0.25) is 0 Å². The zero-order chi connectivity index (χ0) is 24.8. The van der Waals surface area contributed by atoms with E-state index in [4.69, 9.17) is 34.0 Å². The highest BCUT2D eigenvalue weighted by atomic mass is 35.5. The first kappa shape index (κ1) is 24.8. The van der Waals surface area contributed by atoms with Crippen LogP contribution < -0.4 is 26.2 Å². The molecule has 1 fully saturated rings. The molecule has 0 saturated carbocycles. The quantitative estimate of drug-likeness (QED) is 0.179. The van der Waals surface area contributed by atoms with Crippen molar-refractivity contribution in [1.29, 1.82) is 0 Å². The Balaban J connectivity index is 1.49. The molecule has 1 aliphatic rings. The SMILES string of the molecule is C#CCN1CCN(c2cncc(/C(N)=C/N(N)c3c(F)ccc(NSc4ccoc4)c3Cl)c2)CC1. The van der Waals surface area contributed by atoms with E-state index in [0.29, 0.717) is 23.5 Å². The van der Waals surface area contributed by atoms with Crippen molar-refractivity contribution in [1.82, 2.24) is 9.88 Å². The number of hydrazine groups is 1. The summed E-state index contributed by atoms with van der Waals surface area (Å²) >= 11 is 7.75. The van der Waals surface area contributed by atoms with Crippen LogP contribution in [0.2, 0.25) is 5.02 Å².